The predicted molar refractivity (Wildman–Crippen MR) is 230 cm³/mol. The van der Waals surface area contributed by atoms with E-state index in [-0.39, 0.29) is 0 Å². The van der Waals surface area contributed by atoms with Crippen molar-refractivity contribution in [3.8, 4) is 0 Å². The number of nitrogens with two attached hydrogens (primary N) is 1. The lowest BCUT2D eigenvalue weighted by molar-refractivity contribution is 0.671. The monoisotopic (exact) mass is 707 g/mol. The molecule has 1 aliphatic rings. The molecule has 3 heterocycles. The number of para-hydroxylation sites is 1. The van der Waals surface area contributed by atoms with Crippen molar-refractivity contribution >= 4 is 99.4 Å². The van der Waals surface area contributed by atoms with Crippen molar-refractivity contribution in [1.82, 2.24) is 10.3 Å². The fourth-order valence-electron chi connectivity index (χ4n) is 8.44. The molecule has 10 aromatic rings. The van der Waals surface area contributed by atoms with Gasteiger partial charge in [0.15, 0.2) is 6.17 Å². The van der Waals surface area contributed by atoms with Gasteiger partial charge in [-0.25, -0.2) is 9.98 Å². The van der Waals surface area contributed by atoms with Crippen molar-refractivity contribution in [2.75, 3.05) is 5.73 Å². The van der Waals surface area contributed by atoms with Gasteiger partial charge in [0.1, 0.15) is 22.8 Å². The molecule has 1 aliphatic heterocycles. The van der Waals surface area contributed by atoms with Crippen molar-refractivity contribution < 1.29 is 4.42 Å². The fraction of sp³-hybridized carbons (Fsp3) is 0.0408. The lowest BCUT2D eigenvalue weighted by Crippen LogP contribution is -2.36. The Morgan fingerprint density at radius 3 is 2.27 bits per heavy atom. The van der Waals surface area contributed by atoms with E-state index in [0.717, 1.165) is 116 Å². The summed E-state index contributed by atoms with van der Waals surface area (Å²) in [7, 11) is 0. The number of allylic oxidation sites excluding steroid dienone is 1. The third kappa shape index (κ3) is 4.85. The van der Waals surface area contributed by atoms with Crippen LogP contribution in [-0.4, -0.2) is 16.7 Å². The molecule has 0 radical (unpaired) electrons. The molecular weight excluding hydrogens is 675 g/mol. The van der Waals surface area contributed by atoms with Crippen molar-refractivity contribution in [2.45, 2.75) is 13.1 Å². The summed E-state index contributed by atoms with van der Waals surface area (Å²) in [6.07, 6.45) is 5.46. The van der Waals surface area contributed by atoms with E-state index in [1.54, 1.807) is 0 Å². The number of nitrogens with zero attached hydrogens (tertiary/aromatic N) is 3. The SMILES string of the molecule is C/C=C\c1ccc2cc(C3=NC(c4cccc5oc6c7ccccc7ccc6c45)N=C(c4ccc5cnc6ccccc6c5c4)N3)c3ccccc3c2c1N. The second-order valence-corrected chi connectivity index (χ2v) is 14.2. The first-order chi connectivity index (χ1) is 27.1. The van der Waals surface area contributed by atoms with Gasteiger partial charge in [0.2, 0.25) is 0 Å². The van der Waals surface area contributed by atoms with Crippen molar-refractivity contribution in [1.29, 1.82) is 0 Å². The minimum Gasteiger partial charge on any atom is -0.455 e. The normalized spacial score (nSPS) is 14.8. The highest BCUT2D eigenvalue weighted by atomic mass is 16.3. The molecule has 8 aromatic carbocycles. The molecule has 0 spiro atoms. The number of hydrogen-bond acceptors (Lipinski definition) is 6. The molecule has 2 aromatic heterocycles. The maximum atomic E-state index is 6.87. The molecule has 0 fully saturated rings. The standard InChI is InChI=1S/C49H33N5O/c1-2-10-29-19-20-30-25-40(34-13-5-6-15-36(34)43(30)45(29)50)49-53-47(31-21-22-32-27-51-41-17-8-7-14-35(41)39(32)26-31)52-48(54-49)38-16-9-18-42-44(38)37-24-23-28-11-3-4-12-33(28)46(37)55-42/h2-27,48H,50H2,1H3,(H,52,53,54)/b10-2-. The summed E-state index contributed by atoms with van der Waals surface area (Å²) in [5.74, 6) is 1.47. The molecule has 0 saturated heterocycles. The van der Waals surface area contributed by atoms with Crippen LogP contribution in [0.4, 0.5) is 5.69 Å². The minimum atomic E-state index is -0.566. The van der Waals surface area contributed by atoms with Gasteiger partial charge in [0.05, 0.1) is 5.52 Å². The zero-order valence-corrected chi connectivity index (χ0v) is 29.9. The highest BCUT2D eigenvalue weighted by molar-refractivity contribution is 6.26. The number of nitrogens with one attached hydrogen (secondary N) is 1. The highest BCUT2D eigenvalue weighted by Gasteiger charge is 2.26. The summed E-state index contributed by atoms with van der Waals surface area (Å²) in [5.41, 5.74) is 14.2. The van der Waals surface area contributed by atoms with Gasteiger partial charge in [0.25, 0.3) is 0 Å². The first kappa shape index (κ1) is 31.2. The molecule has 0 bridgehead atoms. The van der Waals surface area contributed by atoms with Crippen LogP contribution in [-0.2, 0) is 0 Å². The molecule has 1 unspecified atom stereocenters. The molecule has 1 atom stereocenters. The Hall–Kier alpha value is -7.31. The predicted octanol–water partition coefficient (Wildman–Crippen LogP) is 11.9. The Balaban J connectivity index is 1.17. The van der Waals surface area contributed by atoms with E-state index in [0.29, 0.717) is 0 Å². The van der Waals surface area contributed by atoms with E-state index in [1.165, 1.54) is 0 Å². The largest absolute Gasteiger partial charge is 0.455 e. The van der Waals surface area contributed by atoms with Gasteiger partial charge in [-0.05, 0) is 69.8 Å². The molecule has 11 rings (SSSR count). The van der Waals surface area contributed by atoms with Crippen molar-refractivity contribution in [2.24, 2.45) is 9.98 Å². The topological polar surface area (TPSA) is 88.8 Å². The Morgan fingerprint density at radius 1 is 0.618 bits per heavy atom. The van der Waals surface area contributed by atoms with Crippen LogP contribution in [0.25, 0.3) is 82.0 Å². The second kappa shape index (κ2) is 12.1. The van der Waals surface area contributed by atoms with Gasteiger partial charge in [-0.1, -0.05) is 121 Å². The first-order valence-corrected chi connectivity index (χ1v) is 18.5. The lowest BCUT2D eigenvalue weighted by Gasteiger charge is -2.24. The summed E-state index contributed by atoms with van der Waals surface area (Å²) in [6.45, 7) is 2.01. The third-order valence-electron chi connectivity index (χ3n) is 11.0. The first-order valence-electron chi connectivity index (χ1n) is 18.5. The Labute approximate surface area is 316 Å². The summed E-state index contributed by atoms with van der Waals surface area (Å²) >= 11 is 0. The number of benzene rings is 8. The maximum absolute atomic E-state index is 6.87. The number of nitrogen functional groups attached to an aromatic ring is 1. The molecule has 260 valence electrons. The molecule has 0 amide bonds. The average molecular weight is 708 g/mol. The average Bonchev–Trinajstić information content (AvgIpc) is 3.63. The summed E-state index contributed by atoms with van der Waals surface area (Å²) in [6, 6.07) is 48.5. The summed E-state index contributed by atoms with van der Waals surface area (Å²) in [4.78, 5) is 15.6. The van der Waals surface area contributed by atoms with Gasteiger partial charge in [-0.3, -0.25) is 4.98 Å². The molecular formula is C49H33N5O. The van der Waals surface area contributed by atoms with Gasteiger partial charge in [0, 0.05) is 60.9 Å². The number of fused-ring (bicyclic) bond motifs is 11. The quantitative estimate of drug-likeness (QED) is 0.141. The van der Waals surface area contributed by atoms with Gasteiger partial charge >= 0.3 is 0 Å². The zero-order chi connectivity index (χ0) is 36.6. The van der Waals surface area contributed by atoms with Crippen LogP contribution in [0.3, 0.4) is 0 Å². The number of aliphatic imine (C=N–C) groups is 2. The van der Waals surface area contributed by atoms with Crippen molar-refractivity contribution in [3.05, 3.63) is 174 Å². The highest BCUT2D eigenvalue weighted by Crippen LogP contribution is 2.41. The molecule has 55 heavy (non-hydrogen) atoms. The molecule has 0 aliphatic carbocycles. The number of anilines is 1. The third-order valence-corrected chi connectivity index (χ3v) is 11.0. The molecule has 6 heteroatoms. The Bertz CT molecular complexity index is 3330. The summed E-state index contributed by atoms with van der Waals surface area (Å²) < 4.78 is 6.62. The van der Waals surface area contributed by atoms with Crippen LogP contribution in [0.2, 0.25) is 0 Å². The smallest absolute Gasteiger partial charge is 0.170 e. The number of aromatic nitrogens is 1. The summed E-state index contributed by atoms with van der Waals surface area (Å²) in [5, 5.41) is 15.5. The molecule has 0 saturated carbocycles. The van der Waals surface area contributed by atoms with E-state index < -0.39 is 6.17 Å². The second-order valence-electron chi connectivity index (χ2n) is 14.2. The van der Waals surface area contributed by atoms with Gasteiger partial charge in [-0.15, -0.1) is 0 Å². The fourth-order valence-corrected chi connectivity index (χ4v) is 8.44. The number of pyridine rings is 1. The van der Waals surface area contributed by atoms with Crippen LogP contribution < -0.4 is 11.1 Å². The van der Waals surface area contributed by atoms with Crippen LogP contribution >= 0.6 is 0 Å². The maximum Gasteiger partial charge on any atom is 0.170 e. The number of furan rings is 1. The Kier molecular flexibility index (Phi) is 6.88. The van der Waals surface area contributed by atoms with E-state index in [9.17, 15) is 0 Å². The van der Waals surface area contributed by atoms with Crippen LogP contribution in [0.1, 0.15) is 35.3 Å². The Morgan fingerprint density at radius 2 is 1.38 bits per heavy atom. The minimum absolute atomic E-state index is 0.566. The van der Waals surface area contributed by atoms with E-state index in [4.69, 9.17) is 25.1 Å². The van der Waals surface area contributed by atoms with E-state index in [2.05, 4.69) is 133 Å². The van der Waals surface area contributed by atoms with E-state index >= 15 is 0 Å². The zero-order valence-electron chi connectivity index (χ0n) is 29.9. The van der Waals surface area contributed by atoms with Crippen LogP contribution in [0.5, 0.6) is 0 Å². The molecule has 6 nitrogen and oxygen atoms in total. The van der Waals surface area contributed by atoms with Crippen LogP contribution in [0.15, 0.2) is 166 Å². The van der Waals surface area contributed by atoms with Crippen LogP contribution in [0, 0.1) is 0 Å². The van der Waals surface area contributed by atoms with Gasteiger partial charge in [-0.2, -0.15) is 0 Å². The number of rotatable bonds is 4. The van der Waals surface area contributed by atoms with Crippen molar-refractivity contribution in [3.63, 3.8) is 0 Å². The number of hydrogen-bond donors (Lipinski definition) is 2. The number of amidine groups is 2. The lowest BCUT2D eigenvalue weighted by atomic mass is 9.93. The molecule has 3 N–H and O–H groups in total. The van der Waals surface area contributed by atoms with E-state index in [1.807, 2.05) is 37.4 Å². The van der Waals surface area contributed by atoms with Gasteiger partial charge < -0.3 is 15.5 Å².